The molecule has 0 saturated heterocycles. The molecule has 1 N–H and O–H groups in total. The zero-order valence-electron chi connectivity index (χ0n) is 11.7. The van der Waals surface area contributed by atoms with Gasteiger partial charge in [-0.05, 0) is 41.5 Å². The number of nitrogens with one attached hydrogen (secondary N) is 1. The Morgan fingerprint density at radius 3 is 1.94 bits per heavy atom. The van der Waals surface area contributed by atoms with Crippen LogP contribution in [0.5, 0.6) is 0 Å². The third-order valence-corrected chi connectivity index (χ3v) is 2.17. The van der Waals surface area contributed by atoms with Crippen LogP contribution in [0.4, 0.5) is 0 Å². The van der Waals surface area contributed by atoms with Crippen LogP contribution in [0.3, 0.4) is 0 Å². The summed E-state index contributed by atoms with van der Waals surface area (Å²) in [6.07, 6.45) is 0. The maximum atomic E-state index is 11.7. The van der Waals surface area contributed by atoms with Crippen LogP contribution in [-0.4, -0.2) is 36.2 Å². The molecule has 0 aliphatic rings. The molecule has 0 aromatic carbocycles. The summed E-state index contributed by atoms with van der Waals surface area (Å²) < 4.78 is 10.2. The number of carbonyl (C=O) groups excluding carboxylic acids is 2. The number of methoxy groups -OCH3 is 1. The van der Waals surface area contributed by atoms with Crippen molar-refractivity contribution in [3.63, 3.8) is 0 Å². The molecule has 5 heteroatoms. The maximum Gasteiger partial charge on any atom is 0.328 e. The van der Waals surface area contributed by atoms with Crippen LogP contribution in [0.25, 0.3) is 0 Å². The van der Waals surface area contributed by atoms with E-state index in [1.54, 1.807) is 41.5 Å². The smallest absolute Gasteiger partial charge is 0.328 e. The quantitative estimate of drug-likeness (QED) is 0.757. The number of hydrogen-bond acceptors (Lipinski definition) is 4. The Kier molecular flexibility index (Phi) is 5.13. The zero-order chi connectivity index (χ0) is 13.9. The van der Waals surface area contributed by atoms with Crippen LogP contribution in [-0.2, 0) is 19.1 Å². The highest BCUT2D eigenvalue weighted by atomic mass is 16.6. The van der Waals surface area contributed by atoms with Crippen molar-refractivity contribution in [1.29, 1.82) is 0 Å². The van der Waals surface area contributed by atoms with E-state index in [4.69, 9.17) is 9.47 Å². The second-order valence-electron chi connectivity index (χ2n) is 5.44. The number of ether oxygens (including phenoxy) is 2. The Labute approximate surface area is 103 Å². The van der Waals surface area contributed by atoms with E-state index in [1.165, 1.54) is 7.11 Å². The molecule has 0 aromatic rings. The first-order valence-corrected chi connectivity index (χ1v) is 5.58. The predicted molar refractivity (Wildman–Crippen MR) is 64.5 cm³/mol. The number of hydrogen-bond donors (Lipinski definition) is 1. The fraction of sp³-hybridized carbons (Fsp3) is 0.833. The molecule has 0 saturated carbocycles. The van der Waals surface area contributed by atoms with Gasteiger partial charge >= 0.3 is 5.97 Å². The minimum absolute atomic E-state index is 0.349. The van der Waals surface area contributed by atoms with Crippen LogP contribution in [0.15, 0.2) is 0 Å². The van der Waals surface area contributed by atoms with Gasteiger partial charge in [-0.3, -0.25) is 4.79 Å². The Bertz CT molecular complexity index is 291. The van der Waals surface area contributed by atoms with Gasteiger partial charge in [0, 0.05) is 7.11 Å². The standard InChI is InChI=1S/C12H23NO4/c1-8(9(14)17-11(2,3)4)13-10(15)12(5,6)16-7/h8H,1-7H3,(H,13,15)/t8-/m0/s1. The summed E-state index contributed by atoms with van der Waals surface area (Å²) in [5.41, 5.74) is -1.52. The molecule has 1 amide bonds. The van der Waals surface area contributed by atoms with E-state index in [1.807, 2.05) is 0 Å². The van der Waals surface area contributed by atoms with Gasteiger partial charge in [0.25, 0.3) is 5.91 Å². The topological polar surface area (TPSA) is 64.6 Å². The molecule has 0 aliphatic heterocycles. The van der Waals surface area contributed by atoms with E-state index >= 15 is 0 Å². The van der Waals surface area contributed by atoms with E-state index in [9.17, 15) is 9.59 Å². The zero-order valence-corrected chi connectivity index (χ0v) is 11.7. The first-order chi connectivity index (χ1) is 7.49. The summed E-state index contributed by atoms with van der Waals surface area (Å²) in [7, 11) is 1.44. The molecule has 1 atom stereocenters. The minimum atomic E-state index is -0.962. The van der Waals surface area contributed by atoms with Crippen molar-refractivity contribution >= 4 is 11.9 Å². The number of carbonyl (C=O) groups is 2. The Morgan fingerprint density at radius 2 is 1.59 bits per heavy atom. The van der Waals surface area contributed by atoms with Gasteiger partial charge < -0.3 is 14.8 Å². The molecule has 0 fully saturated rings. The second kappa shape index (κ2) is 5.49. The van der Waals surface area contributed by atoms with Crippen molar-refractivity contribution in [2.75, 3.05) is 7.11 Å². The third-order valence-electron chi connectivity index (χ3n) is 2.17. The SMILES string of the molecule is COC(C)(C)C(=O)N[C@@H](C)C(=O)OC(C)(C)C. The molecule has 0 aromatic heterocycles. The molecule has 0 aliphatic carbocycles. The molecule has 0 radical (unpaired) electrons. The summed E-state index contributed by atoms with van der Waals surface area (Å²) in [5, 5.41) is 2.55. The van der Waals surface area contributed by atoms with Gasteiger partial charge in [-0.25, -0.2) is 4.79 Å². The lowest BCUT2D eigenvalue weighted by molar-refractivity contribution is -0.159. The van der Waals surface area contributed by atoms with Gasteiger partial charge in [-0.1, -0.05) is 0 Å². The molecular formula is C12H23NO4. The predicted octanol–water partition coefficient (Wildman–Crippen LogP) is 1.26. The fourth-order valence-corrected chi connectivity index (χ4v) is 0.912. The molecular weight excluding hydrogens is 222 g/mol. The van der Waals surface area contributed by atoms with Crippen molar-refractivity contribution in [3.8, 4) is 0 Å². The van der Waals surface area contributed by atoms with Gasteiger partial charge in [-0.15, -0.1) is 0 Å². The van der Waals surface area contributed by atoms with Gasteiger partial charge in [0.15, 0.2) is 0 Å². The number of rotatable bonds is 4. The highest BCUT2D eigenvalue weighted by Gasteiger charge is 2.31. The van der Waals surface area contributed by atoms with E-state index in [0.29, 0.717) is 0 Å². The molecule has 100 valence electrons. The summed E-state index contributed by atoms with van der Waals surface area (Å²) >= 11 is 0. The molecule has 0 bridgehead atoms. The molecule has 5 nitrogen and oxygen atoms in total. The average molecular weight is 245 g/mol. The van der Waals surface area contributed by atoms with Crippen LogP contribution >= 0.6 is 0 Å². The summed E-state index contributed by atoms with van der Waals surface area (Å²) in [4.78, 5) is 23.4. The molecule has 17 heavy (non-hydrogen) atoms. The maximum absolute atomic E-state index is 11.7. The monoisotopic (exact) mass is 245 g/mol. The van der Waals surface area contributed by atoms with Gasteiger partial charge in [0.1, 0.15) is 17.2 Å². The number of amides is 1. The normalized spacial score (nSPS) is 14.1. The molecule has 0 unspecified atom stereocenters. The van der Waals surface area contributed by atoms with E-state index < -0.39 is 23.2 Å². The van der Waals surface area contributed by atoms with E-state index in [2.05, 4.69) is 5.32 Å². The lowest BCUT2D eigenvalue weighted by Gasteiger charge is -2.26. The highest BCUT2D eigenvalue weighted by Crippen LogP contribution is 2.10. The van der Waals surface area contributed by atoms with Crippen molar-refractivity contribution in [1.82, 2.24) is 5.32 Å². The Hall–Kier alpha value is -1.10. The minimum Gasteiger partial charge on any atom is -0.458 e. The van der Waals surface area contributed by atoms with Crippen molar-refractivity contribution in [3.05, 3.63) is 0 Å². The Morgan fingerprint density at radius 1 is 1.12 bits per heavy atom. The van der Waals surface area contributed by atoms with Gasteiger partial charge in [-0.2, -0.15) is 0 Å². The van der Waals surface area contributed by atoms with E-state index in [0.717, 1.165) is 0 Å². The second-order valence-corrected chi connectivity index (χ2v) is 5.44. The van der Waals surface area contributed by atoms with Crippen LogP contribution in [0.1, 0.15) is 41.5 Å². The lowest BCUT2D eigenvalue weighted by atomic mass is 10.1. The van der Waals surface area contributed by atoms with Crippen molar-refractivity contribution < 1.29 is 19.1 Å². The third kappa shape index (κ3) is 5.68. The summed E-state index contributed by atoms with van der Waals surface area (Å²) in [6, 6.07) is -0.698. The number of esters is 1. The van der Waals surface area contributed by atoms with E-state index in [-0.39, 0.29) is 5.91 Å². The highest BCUT2D eigenvalue weighted by molar-refractivity contribution is 5.89. The van der Waals surface area contributed by atoms with Crippen LogP contribution in [0, 0.1) is 0 Å². The van der Waals surface area contributed by atoms with Crippen molar-refractivity contribution in [2.24, 2.45) is 0 Å². The molecule has 0 spiro atoms. The Balaban J connectivity index is 4.41. The first kappa shape index (κ1) is 15.9. The lowest BCUT2D eigenvalue weighted by Crippen LogP contribution is -2.50. The largest absolute Gasteiger partial charge is 0.458 e. The van der Waals surface area contributed by atoms with Gasteiger partial charge in [0.05, 0.1) is 0 Å². The summed E-state index contributed by atoms with van der Waals surface area (Å²) in [5.74, 6) is -0.809. The molecule has 0 heterocycles. The average Bonchev–Trinajstić information content (AvgIpc) is 2.14. The fourth-order valence-electron chi connectivity index (χ4n) is 0.912. The van der Waals surface area contributed by atoms with Gasteiger partial charge in [0.2, 0.25) is 0 Å². The summed E-state index contributed by atoms with van der Waals surface area (Å²) in [6.45, 7) is 10.2. The first-order valence-electron chi connectivity index (χ1n) is 5.58. The molecule has 0 rings (SSSR count). The van der Waals surface area contributed by atoms with Crippen molar-refractivity contribution in [2.45, 2.75) is 58.8 Å². The van der Waals surface area contributed by atoms with Crippen LogP contribution < -0.4 is 5.32 Å². The van der Waals surface area contributed by atoms with Crippen LogP contribution in [0.2, 0.25) is 0 Å².